The Kier molecular flexibility index (Phi) is 25.0. The Hall–Kier alpha value is -5.53. The minimum absolute atomic E-state index is 0.0614. The first kappa shape index (κ1) is 62.0. The van der Waals surface area contributed by atoms with Crippen LogP contribution < -0.4 is 26.6 Å². The van der Waals surface area contributed by atoms with Crippen molar-refractivity contribution in [1.82, 2.24) is 36.4 Å². The van der Waals surface area contributed by atoms with Crippen molar-refractivity contribution >= 4 is 41.4 Å². The molecule has 0 saturated carbocycles. The number of nitrogens with one attached hydrogen (secondary N) is 5. The Morgan fingerprint density at radius 3 is 1.85 bits per heavy atom. The minimum atomic E-state index is -2.27. The molecule has 23 heteroatoms. The number of unbranched alkanes of at least 4 members (excludes halogenated alkanes) is 8. The van der Waals surface area contributed by atoms with Gasteiger partial charge < -0.3 is 82.3 Å². The number of amides is 7. The number of carbonyl (C=O) groups excluding carboxylic acids is 7. The van der Waals surface area contributed by atoms with Gasteiger partial charge in [-0.25, -0.2) is 0 Å². The van der Waals surface area contributed by atoms with Gasteiger partial charge in [-0.3, -0.25) is 33.6 Å². The van der Waals surface area contributed by atoms with E-state index in [-0.39, 0.29) is 24.3 Å². The lowest BCUT2D eigenvalue weighted by Gasteiger charge is -2.34. The van der Waals surface area contributed by atoms with Crippen molar-refractivity contribution in [2.75, 3.05) is 13.1 Å². The highest BCUT2D eigenvalue weighted by Crippen LogP contribution is 2.28. The smallest absolute Gasteiger partial charge is 0.248 e. The SMILES string of the molecule is CCCCCC=CCC=CCCCCCCCC(=O)N[C@H]1C[C@@H](O)[C@@H](O)NC(=O)[C@@H]2[C@@H](O)[C@@H](C)CN2C(=O)[C@H]([C@@H](C)O)NC(=O)[C@H]([C@H](O)[C@@H](O)c2ccc(O)cc2)NC(=O)[C@@H]2C[C@@H](O)CN2C(=O)[C@H]([C@@H](C)O)NC1=O. The monoisotopic (exact) mass is 1060 g/mol. The fraction of sp³-hybridized carbons (Fsp3) is 0.673. The molecule has 3 heterocycles. The molecular formula is C52H81N7O16. The molecule has 0 aromatic heterocycles. The van der Waals surface area contributed by atoms with E-state index in [4.69, 9.17) is 0 Å². The summed E-state index contributed by atoms with van der Waals surface area (Å²) in [5.41, 5.74) is -0.0614. The molecule has 1 aromatic carbocycles. The number of fused-ring (bicyclic) bond motifs is 2. The molecule has 14 N–H and O–H groups in total. The van der Waals surface area contributed by atoms with E-state index in [1.165, 1.54) is 38.3 Å². The van der Waals surface area contributed by atoms with Gasteiger partial charge in [0.05, 0.1) is 24.4 Å². The Morgan fingerprint density at radius 1 is 0.680 bits per heavy atom. The van der Waals surface area contributed by atoms with Gasteiger partial charge in [-0.1, -0.05) is 82.4 Å². The van der Waals surface area contributed by atoms with E-state index < -0.39 is 152 Å². The number of carbonyl (C=O) groups is 7. The summed E-state index contributed by atoms with van der Waals surface area (Å²) in [6, 6.07) is -6.61. The molecule has 4 rings (SSSR count). The van der Waals surface area contributed by atoms with Gasteiger partial charge >= 0.3 is 0 Å². The van der Waals surface area contributed by atoms with Crippen molar-refractivity contribution in [3.8, 4) is 5.75 Å². The second-order valence-electron chi connectivity index (χ2n) is 20.1. The van der Waals surface area contributed by atoms with E-state index >= 15 is 0 Å². The van der Waals surface area contributed by atoms with Crippen LogP contribution in [0.4, 0.5) is 0 Å². The maximum atomic E-state index is 14.3. The molecule has 3 saturated heterocycles. The number of allylic oxidation sites excluding steroid dienone is 4. The molecule has 0 spiro atoms. The van der Waals surface area contributed by atoms with Crippen molar-refractivity contribution in [1.29, 1.82) is 0 Å². The lowest BCUT2D eigenvalue weighted by molar-refractivity contribution is -0.148. The van der Waals surface area contributed by atoms with Crippen molar-refractivity contribution in [2.45, 2.75) is 203 Å². The first-order valence-corrected chi connectivity index (χ1v) is 26.2. The number of nitrogens with zero attached hydrogens (tertiary/aromatic N) is 2. The highest BCUT2D eigenvalue weighted by molar-refractivity contribution is 5.98. The van der Waals surface area contributed by atoms with Crippen LogP contribution in [0, 0.1) is 5.92 Å². The van der Waals surface area contributed by atoms with Crippen molar-refractivity contribution < 1.29 is 79.5 Å². The number of rotatable bonds is 20. The van der Waals surface area contributed by atoms with E-state index in [0.29, 0.717) is 12.8 Å². The predicted octanol–water partition coefficient (Wildman–Crippen LogP) is -1.33. The first-order chi connectivity index (χ1) is 35.6. The maximum absolute atomic E-state index is 14.3. The quantitative estimate of drug-likeness (QED) is 0.0531. The lowest BCUT2D eigenvalue weighted by Crippen LogP contribution is -2.64. The molecule has 3 aliphatic heterocycles. The van der Waals surface area contributed by atoms with Crippen LogP contribution in [0.15, 0.2) is 48.6 Å². The third kappa shape index (κ3) is 18.0. The molecule has 23 nitrogen and oxygen atoms in total. The normalized spacial score (nSPS) is 29.4. The van der Waals surface area contributed by atoms with Crippen LogP contribution >= 0.6 is 0 Å². The minimum Gasteiger partial charge on any atom is -0.508 e. The second kappa shape index (κ2) is 30.3. The molecule has 3 fully saturated rings. The molecule has 420 valence electrons. The summed E-state index contributed by atoms with van der Waals surface area (Å²) in [5.74, 6) is -8.97. The van der Waals surface area contributed by atoms with Crippen LogP contribution in [-0.2, 0) is 33.6 Å². The topological polar surface area (TPSA) is 368 Å². The summed E-state index contributed by atoms with van der Waals surface area (Å²) < 4.78 is 0. The van der Waals surface area contributed by atoms with E-state index in [9.17, 15) is 79.5 Å². The third-order valence-corrected chi connectivity index (χ3v) is 13.9. The van der Waals surface area contributed by atoms with Crippen molar-refractivity contribution in [3.63, 3.8) is 0 Å². The molecule has 0 radical (unpaired) electrons. The molecule has 15 atom stereocenters. The fourth-order valence-electron chi connectivity index (χ4n) is 9.39. The van der Waals surface area contributed by atoms with Crippen molar-refractivity contribution in [2.24, 2.45) is 5.92 Å². The number of hydrogen-bond acceptors (Lipinski definition) is 16. The van der Waals surface area contributed by atoms with Gasteiger partial charge in [0.1, 0.15) is 60.3 Å². The summed E-state index contributed by atoms with van der Waals surface area (Å²) in [6.07, 6.45) is 2.50. The van der Waals surface area contributed by atoms with Gasteiger partial charge in [0.15, 0.2) is 6.23 Å². The number of hydrogen-bond donors (Lipinski definition) is 14. The van der Waals surface area contributed by atoms with Gasteiger partial charge in [-0.2, -0.15) is 0 Å². The molecule has 75 heavy (non-hydrogen) atoms. The largest absolute Gasteiger partial charge is 0.508 e. The maximum Gasteiger partial charge on any atom is 0.248 e. The Balaban J connectivity index is 1.62. The molecule has 0 aliphatic carbocycles. The predicted molar refractivity (Wildman–Crippen MR) is 271 cm³/mol. The second-order valence-corrected chi connectivity index (χ2v) is 20.1. The van der Waals surface area contributed by atoms with Crippen molar-refractivity contribution in [3.05, 3.63) is 54.1 Å². The summed E-state index contributed by atoms with van der Waals surface area (Å²) in [7, 11) is 0. The average Bonchev–Trinajstić information content (AvgIpc) is 3.91. The average molecular weight is 1060 g/mol. The van der Waals surface area contributed by atoms with Gasteiger partial charge in [0.2, 0.25) is 41.4 Å². The molecule has 7 amide bonds. The summed E-state index contributed by atoms with van der Waals surface area (Å²) in [4.78, 5) is 100. The lowest BCUT2D eigenvalue weighted by atomic mass is 9.96. The van der Waals surface area contributed by atoms with Crippen LogP contribution in [0.5, 0.6) is 5.75 Å². The fourth-order valence-corrected chi connectivity index (χ4v) is 9.39. The van der Waals surface area contributed by atoms with Gasteiger partial charge in [-0.15, -0.1) is 0 Å². The van der Waals surface area contributed by atoms with Crippen LogP contribution in [0.25, 0.3) is 0 Å². The number of phenolic OH excluding ortho intramolecular Hbond substituents is 1. The molecule has 0 bridgehead atoms. The van der Waals surface area contributed by atoms with E-state index in [2.05, 4.69) is 57.8 Å². The van der Waals surface area contributed by atoms with Crippen LogP contribution in [0.1, 0.15) is 129 Å². The zero-order valence-electron chi connectivity index (χ0n) is 43.4. The first-order valence-electron chi connectivity index (χ1n) is 26.2. The Labute approximate surface area is 437 Å². The standard InChI is InChI=1S/C52H81N7O16/c1-5-6-7-8-9-10-11-12-13-14-15-16-17-18-19-20-38(65)53-35-26-37(64)48(71)57-50(73)42-43(66)29(2)27-59(42)52(75)40(31(4)61)55-49(72)41(45(68)44(67)32-21-23-33(62)24-22-32)56-47(70)36-25-34(63)28-58(36)51(74)39(30(3)60)54-46(35)69/h9-10,12-13,21-24,29-31,34-37,39-45,48,60-64,66-68,71H,5-8,11,14-20,25-28H2,1-4H3,(H,53,65)(H,54,69)(H,55,72)(H,56,70)(H,57,73)/t29-,30+,31+,34+,35-,36-,37+,39-,40-,41-,42-,43-,44-,45-,48+/m0/s1. The number of aromatic hydroxyl groups is 1. The zero-order valence-corrected chi connectivity index (χ0v) is 43.4. The van der Waals surface area contributed by atoms with E-state index in [1.807, 2.05) is 0 Å². The van der Waals surface area contributed by atoms with Gasteiger partial charge in [0, 0.05) is 38.3 Å². The summed E-state index contributed by atoms with van der Waals surface area (Å²) in [6.45, 7) is 4.97. The summed E-state index contributed by atoms with van der Waals surface area (Å²) in [5, 5.41) is 110. The highest BCUT2D eigenvalue weighted by atomic mass is 16.3. The van der Waals surface area contributed by atoms with Crippen LogP contribution in [0.3, 0.4) is 0 Å². The number of benzene rings is 1. The molecule has 1 aromatic rings. The zero-order chi connectivity index (χ0) is 55.5. The van der Waals surface area contributed by atoms with Crippen LogP contribution in [0.2, 0.25) is 0 Å². The summed E-state index contributed by atoms with van der Waals surface area (Å²) >= 11 is 0. The Morgan fingerprint density at radius 2 is 1.24 bits per heavy atom. The Bertz CT molecular complexity index is 2110. The molecule has 0 unspecified atom stereocenters. The number of phenols is 1. The third-order valence-electron chi connectivity index (χ3n) is 13.9. The van der Waals surface area contributed by atoms with E-state index in [1.54, 1.807) is 0 Å². The molecule has 3 aliphatic rings. The number of aliphatic hydroxyl groups is 8. The highest BCUT2D eigenvalue weighted by Gasteiger charge is 2.50. The van der Waals surface area contributed by atoms with Gasteiger partial charge in [-0.05, 0) is 70.1 Å². The van der Waals surface area contributed by atoms with E-state index in [0.717, 1.165) is 74.3 Å². The number of aliphatic hydroxyl groups excluding tert-OH is 8. The van der Waals surface area contributed by atoms with Gasteiger partial charge in [0.25, 0.3) is 0 Å². The molecular weight excluding hydrogens is 979 g/mol. The van der Waals surface area contributed by atoms with Crippen LogP contribution in [-0.4, -0.2) is 189 Å².